The molecule has 0 radical (unpaired) electrons. The van der Waals surface area contributed by atoms with Gasteiger partial charge in [-0.25, -0.2) is 0 Å². The fraction of sp³-hybridized carbons (Fsp3) is 0.929. The standard InChI is InChI=1S/C28H57ClN/c1-4-6-8-10-12-14-16-18-20-22-26-30(3,28-24-25-29)27-23-21-19-17-15-13-11-9-7-5-2/h24-25H,4-23,26-28H2,1-3H3/q+1. The highest BCUT2D eigenvalue weighted by molar-refractivity contribution is 6.25. The van der Waals surface area contributed by atoms with Crippen molar-refractivity contribution in [2.24, 2.45) is 0 Å². The summed E-state index contributed by atoms with van der Waals surface area (Å²) < 4.78 is 1.18. The molecule has 2 heteroatoms. The highest BCUT2D eigenvalue weighted by Gasteiger charge is 2.18. The molecule has 0 saturated carbocycles. The minimum atomic E-state index is 1.10. The first kappa shape index (κ1) is 30.0. The van der Waals surface area contributed by atoms with E-state index in [-0.39, 0.29) is 0 Å². The van der Waals surface area contributed by atoms with Gasteiger partial charge < -0.3 is 4.48 Å². The Morgan fingerprint density at radius 2 is 0.800 bits per heavy atom. The van der Waals surface area contributed by atoms with Gasteiger partial charge in [-0.3, -0.25) is 0 Å². The molecule has 0 aliphatic carbocycles. The van der Waals surface area contributed by atoms with Crippen LogP contribution >= 0.6 is 11.6 Å². The normalized spacial score (nSPS) is 12.3. The second-order valence-corrected chi connectivity index (χ2v) is 10.2. The van der Waals surface area contributed by atoms with Gasteiger partial charge in [0.05, 0.1) is 26.7 Å². The van der Waals surface area contributed by atoms with Gasteiger partial charge in [0.15, 0.2) is 0 Å². The number of likely N-dealkylation sites (N-methyl/N-ethyl adjacent to an activating group) is 1. The van der Waals surface area contributed by atoms with Gasteiger partial charge >= 0.3 is 0 Å². The van der Waals surface area contributed by atoms with Crippen LogP contribution in [0.4, 0.5) is 0 Å². The van der Waals surface area contributed by atoms with E-state index in [4.69, 9.17) is 11.6 Å². The van der Waals surface area contributed by atoms with E-state index in [0.29, 0.717) is 0 Å². The summed E-state index contributed by atoms with van der Waals surface area (Å²) in [7, 11) is 2.44. The van der Waals surface area contributed by atoms with Gasteiger partial charge in [0.2, 0.25) is 0 Å². The summed E-state index contributed by atoms with van der Waals surface area (Å²) in [6, 6.07) is 0. The van der Waals surface area contributed by atoms with Crippen molar-refractivity contribution in [3.63, 3.8) is 0 Å². The summed E-state index contributed by atoms with van der Waals surface area (Å²) in [5, 5.41) is 0. The van der Waals surface area contributed by atoms with Crippen LogP contribution in [-0.4, -0.2) is 31.2 Å². The maximum Gasteiger partial charge on any atom is 0.0983 e. The predicted octanol–water partition coefficient (Wildman–Crippen LogP) is 10.0. The third-order valence-electron chi connectivity index (χ3n) is 6.74. The van der Waals surface area contributed by atoms with Crippen LogP contribution in [-0.2, 0) is 0 Å². The zero-order valence-electron chi connectivity index (χ0n) is 21.2. The van der Waals surface area contributed by atoms with Gasteiger partial charge in [-0.1, -0.05) is 128 Å². The molecule has 0 aromatic heterocycles. The average Bonchev–Trinajstić information content (AvgIpc) is 2.75. The molecule has 0 bridgehead atoms. The number of hydrogen-bond acceptors (Lipinski definition) is 0. The Balaban J connectivity index is 3.75. The molecule has 0 spiro atoms. The molecule has 0 N–H and O–H groups in total. The number of halogens is 1. The SMILES string of the molecule is CCCCCCCCCCCC[N+](C)(CC=CCl)CCCCCCCCCCCC. The lowest BCUT2D eigenvalue weighted by Crippen LogP contribution is -2.45. The summed E-state index contributed by atoms with van der Waals surface area (Å²) in [4.78, 5) is 0. The van der Waals surface area contributed by atoms with E-state index in [1.165, 1.54) is 146 Å². The van der Waals surface area contributed by atoms with Crippen molar-refractivity contribution in [2.45, 2.75) is 142 Å². The van der Waals surface area contributed by atoms with Crippen LogP contribution in [0.25, 0.3) is 0 Å². The maximum absolute atomic E-state index is 5.84. The van der Waals surface area contributed by atoms with E-state index < -0.39 is 0 Å². The Kier molecular flexibility index (Phi) is 23.6. The molecule has 0 atom stereocenters. The lowest BCUT2D eigenvalue weighted by Gasteiger charge is -2.34. The molecule has 0 aromatic rings. The highest BCUT2D eigenvalue weighted by Crippen LogP contribution is 2.15. The fourth-order valence-electron chi connectivity index (χ4n) is 4.55. The molecule has 0 heterocycles. The van der Waals surface area contributed by atoms with E-state index in [2.05, 4.69) is 27.0 Å². The van der Waals surface area contributed by atoms with E-state index >= 15 is 0 Å². The molecule has 30 heavy (non-hydrogen) atoms. The molecule has 0 fully saturated rings. The van der Waals surface area contributed by atoms with Gasteiger partial charge in [0, 0.05) is 5.54 Å². The molecule has 180 valence electrons. The molecule has 0 saturated heterocycles. The van der Waals surface area contributed by atoms with Crippen molar-refractivity contribution in [2.75, 3.05) is 26.7 Å². The van der Waals surface area contributed by atoms with Gasteiger partial charge in [-0.2, -0.15) is 0 Å². The van der Waals surface area contributed by atoms with E-state index in [1.807, 2.05) is 0 Å². The van der Waals surface area contributed by atoms with Crippen LogP contribution in [0.2, 0.25) is 0 Å². The average molecular weight is 443 g/mol. The summed E-state index contributed by atoms with van der Waals surface area (Å²) in [5.74, 6) is 0. The quantitative estimate of drug-likeness (QED) is 0.103. The van der Waals surface area contributed by atoms with Crippen LogP contribution in [0, 0.1) is 0 Å². The summed E-state index contributed by atoms with van der Waals surface area (Å²) in [5.41, 5.74) is 1.72. The van der Waals surface area contributed by atoms with Crippen molar-refractivity contribution in [1.29, 1.82) is 0 Å². The third-order valence-corrected chi connectivity index (χ3v) is 6.92. The lowest BCUT2D eigenvalue weighted by molar-refractivity contribution is -0.904. The first-order valence-electron chi connectivity index (χ1n) is 13.8. The van der Waals surface area contributed by atoms with Gasteiger partial charge in [0.25, 0.3) is 0 Å². The molecule has 0 aliphatic rings. The van der Waals surface area contributed by atoms with Crippen molar-refractivity contribution < 1.29 is 4.48 Å². The first-order valence-corrected chi connectivity index (χ1v) is 14.2. The largest absolute Gasteiger partial charge is 0.323 e. The van der Waals surface area contributed by atoms with Crippen molar-refractivity contribution in [1.82, 2.24) is 0 Å². The fourth-order valence-corrected chi connectivity index (χ4v) is 4.63. The Morgan fingerprint density at radius 1 is 0.500 bits per heavy atom. The number of unbranched alkanes of at least 4 members (excludes halogenated alkanes) is 18. The van der Waals surface area contributed by atoms with Crippen molar-refractivity contribution in [3.8, 4) is 0 Å². The molecule has 0 aromatic carbocycles. The van der Waals surface area contributed by atoms with Gasteiger partial charge in [-0.05, 0) is 31.8 Å². The number of nitrogens with zero attached hydrogens (tertiary/aromatic N) is 1. The monoisotopic (exact) mass is 442 g/mol. The minimum absolute atomic E-state index is 1.10. The summed E-state index contributed by atoms with van der Waals surface area (Å²) in [6.07, 6.45) is 30.6. The molecule has 1 nitrogen and oxygen atoms in total. The summed E-state index contributed by atoms with van der Waals surface area (Å²) >= 11 is 5.84. The Hall–Kier alpha value is -0.0100. The molecule has 0 aliphatic heterocycles. The molecular formula is C28H57ClN+. The Morgan fingerprint density at radius 3 is 1.10 bits per heavy atom. The maximum atomic E-state index is 5.84. The number of quaternary nitrogens is 1. The van der Waals surface area contributed by atoms with Crippen molar-refractivity contribution >= 4 is 11.6 Å². The lowest BCUT2D eigenvalue weighted by atomic mass is 10.1. The van der Waals surface area contributed by atoms with Gasteiger partial charge in [0.1, 0.15) is 0 Å². The molecule has 0 rings (SSSR count). The number of rotatable bonds is 24. The third kappa shape index (κ3) is 21.2. The van der Waals surface area contributed by atoms with Crippen molar-refractivity contribution in [3.05, 3.63) is 11.6 Å². The van der Waals surface area contributed by atoms with Crippen LogP contribution in [0.3, 0.4) is 0 Å². The van der Waals surface area contributed by atoms with Crippen LogP contribution < -0.4 is 0 Å². The van der Waals surface area contributed by atoms with E-state index in [0.717, 1.165) is 6.54 Å². The minimum Gasteiger partial charge on any atom is -0.323 e. The molecular weight excluding hydrogens is 386 g/mol. The van der Waals surface area contributed by atoms with Gasteiger partial charge in [-0.15, -0.1) is 0 Å². The van der Waals surface area contributed by atoms with Crippen LogP contribution in [0.5, 0.6) is 0 Å². The second kappa shape index (κ2) is 23.6. The second-order valence-electron chi connectivity index (χ2n) is 9.97. The zero-order valence-corrected chi connectivity index (χ0v) is 22.0. The van der Waals surface area contributed by atoms with Crippen LogP contribution in [0.1, 0.15) is 142 Å². The topological polar surface area (TPSA) is 0 Å². The number of hydrogen-bond donors (Lipinski definition) is 0. The molecule has 0 amide bonds. The first-order chi connectivity index (χ1) is 14.7. The van der Waals surface area contributed by atoms with E-state index in [9.17, 15) is 0 Å². The zero-order chi connectivity index (χ0) is 22.2. The predicted molar refractivity (Wildman–Crippen MR) is 139 cm³/mol. The van der Waals surface area contributed by atoms with Crippen LogP contribution in [0.15, 0.2) is 11.6 Å². The Labute approximate surface area is 196 Å². The summed E-state index contributed by atoms with van der Waals surface area (Å²) in [6.45, 7) is 8.32. The molecule has 0 unspecified atom stereocenters. The highest BCUT2D eigenvalue weighted by atomic mass is 35.5. The Bertz CT molecular complexity index is 329. The smallest absolute Gasteiger partial charge is 0.0983 e. The van der Waals surface area contributed by atoms with E-state index in [1.54, 1.807) is 5.54 Å².